The van der Waals surface area contributed by atoms with Crippen LogP contribution >= 0.6 is 0 Å². The summed E-state index contributed by atoms with van der Waals surface area (Å²) in [7, 11) is 0. The number of para-hydroxylation sites is 2. The van der Waals surface area contributed by atoms with Crippen LogP contribution in [0.4, 0.5) is 17.1 Å². The van der Waals surface area contributed by atoms with Gasteiger partial charge in [-0.1, -0.05) is 166 Å². The lowest BCUT2D eigenvalue weighted by atomic mass is 9.81. The number of rotatable bonds is 6. The summed E-state index contributed by atoms with van der Waals surface area (Å²) in [5.41, 5.74) is 18.4. The van der Waals surface area contributed by atoms with Gasteiger partial charge in [0.15, 0.2) is 0 Å². The summed E-state index contributed by atoms with van der Waals surface area (Å²) in [6.45, 7) is 4.68. The van der Waals surface area contributed by atoms with Crippen LogP contribution in [-0.4, -0.2) is 0 Å². The Bertz CT molecular complexity index is 3450. The lowest BCUT2D eigenvalue weighted by Crippen LogP contribution is -2.14. The predicted octanol–water partition coefficient (Wildman–Crippen LogP) is 16.3. The summed E-state index contributed by atoms with van der Waals surface area (Å²) < 4.78 is 14.0. The van der Waals surface area contributed by atoms with Crippen molar-refractivity contribution in [1.29, 1.82) is 0 Å². The summed E-state index contributed by atoms with van der Waals surface area (Å²) in [6, 6.07) is 71.6. The average molecular weight is 770 g/mol. The van der Waals surface area contributed by atoms with Crippen LogP contribution in [0, 0.1) is 0 Å². The summed E-state index contributed by atoms with van der Waals surface area (Å²) in [6.07, 6.45) is 0. The van der Waals surface area contributed by atoms with Crippen molar-refractivity contribution in [2.75, 3.05) is 4.90 Å². The highest BCUT2D eigenvalue weighted by Crippen LogP contribution is 2.53. The van der Waals surface area contributed by atoms with E-state index in [1.807, 2.05) is 6.07 Å². The molecule has 3 nitrogen and oxygen atoms in total. The first-order chi connectivity index (χ1) is 29.5. The molecule has 0 saturated heterocycles. The van der Waals surface area contributed by atoms with Crippen molar-refractivity contribution >= 4 is 60.9 Å². The minimum absolute atomic E-state index is 0.156. The van der Waals surface area contributed by atoms with Crippen molar-refractivity contribution in [1.82, 2.24) is 0 Å². The quantitative estimate of drug-likeness (QED) is 0.169. The summed E-state index contributed by atoms with van der Waals surface area (Å²) in [5.74, 6) is 0. The van der Waals surface area contributed by atoms with E-state index in [4.69, 9.17) is 8.83 Å². The highest BCUT2D eigenvalue weighted by atomic mass is 16.3. The molecule has 0 bridgehead atoms. The van der Waals surface area contributed by atoms with Gasteiger partial charge in [0.25, 0.3) is 0 Å². The molecule has 12 rings (SSSR count). The zero-order chi connectivity index (χ0) is 40.0. The third-order valence-corrected chi connectivity index (χ3v) is 12.7. The number of fused-ring (bicyclic) bond motifs is 9. The van der Waals surface area contributed by atoms with E-state index in [1.165, 1.54) is 33.4 Å². The molecule has 0 saturated carbocycles. The van der Waals surface area contributed by atoms with E-state index in [0.29, 0.717) is 0 Å². The molecule has 2 aromatic heterocycles. The van der Waals surface area contributed by atoms with Crippen LogP contribution < -0.4 is 4.90 Å². The van der Waals surface area contributed by atoms with Gasteiger partial charge in [0.1, 0.15) is 22.3 Å². The zero-order valence-electron chi connectivity index (χ0n) is 33.3. The molecule has 9 aromatic carbocycles. The van der Waals surface area contributed by atoms with Gasteiger partial charge in [0.05, 0.1) is 16.8 Å². The first-order valence-electron chi connectivity index (χ1n) is 20.7. The standard InChI is InChI=1S/C57H39NO2/c1-57(2)46-23-12-9-21-42(46)43-33-30-39(34-47(43)57)53-55-44-22-11-14-26-50(44)59-52(55)35-45-54-49(25-15-27-51(54)60-56(45)53)58(40-31-28-37(29-32-40)36-16-5-3-6-17-36)48-24-13-10-20-41(48)38-18-7-4-8-19-38/h3-35H,1-2H3. The van der Waals surface area contributed by atoms with Crippen LogP contribution in [0.2, 0.25) is 0 Å². The van der Waals surface area contributed by atoms with Crippen molar-refractivity contribution in [3.63, 3.8) is 0 Å². The number of hydrogen-bond acceptors (Lipinski definition) is 3. The van der Waals surface area contributed by atoms with Gasteiger partial charge in [-0.05, 0) is 93.0 Å². The molecule has 0 N–H and O–H groups in total. The van der Waals surface area contributed by atoms with Crippen molar-refractivity contribution in [2.45, 2.75) is 19.3 Å². The molecule has 0 fully saturated rings. The lowest BCUT2D eigenvalue weighted by molar-refractivity contribution is 0.660. The van der Waals surface area contributed by atoms with Gasteiger partial charge in [-0.3, -0.25) is 0 Å². The first-order valence-corrected chi connectivity index (χ1v) is 20.7. The number of hydrogen-bond donors (Lipinski definition) is 0. The Kier molecular flexibility index (Phi) is 7.58. The largest absolute Gasteiger partial charge is 0.456 e. The fraction of sp³-hybridized carbons (Fsp3) is 0.0526. The second-order valence-corrected chi connectivity index (χ2v) is 16.4. The molecular formula is C57H39NO2. The SMILES string of the molecule is CC1(C)c2ccccc2-c2ccc(-c3c4oc5cccc(N(c6ccc(-c7ccccc7)cc6)c6ccccc6-c6ccccc6)c5c4cc4oc5ccccc5c34)cc21. The van der Waals surface area contributed by atoms with Gasteiger partial charge in [0, 0.05) is 38.4 Å². The fourth-order valence-electron chi connectivity index (χ4n) is 9.84. The van der Waals surface area contributed by atoms with Crippen LogP contribution in [0.15, 0.2) is 209 Å². The van der Waals surface area contributed by atoms with E-state index in [2.05, 4.69) is 213 Å². The molecule has 11 aromatic rings. The molecule has 284 valence electrons. The second kappa shape index (κ2) is 13.2. The van der Waals surface area contributed by atoms with Gasteiger partial charge in [-0.15, -0.1) is 0 Å². The van der Waals surface area contributed by atoms with E-state index < -0.39 is 0 Å². The van der Waals surface area contributed by atoms with Crippen LogP contribution in [0.3, 0.4) is 0 Å². The Morgan fingerprint density at radius 3 is 1.82 bits per heavy atom. The van der Waals surface area contributed by atoms with Gasteiger partial charge in [-0.25, -0.2) is 0 Å². The van der Waals surface area contributed by atoms with Gasteiger partial charge < -0.3 is 13.7 Å². The van der Waals surface area contributed by atoms with E-state index in [0.717, 1.165) is 83.2 Å². The molecule has 60 heavy (non-hydrogen) atoms. The minimum atomic E-state index is -0.156. The van der Waals surface area contributed by atoms with Crippen molar-refractivity contribution in [3.8, 4) is 44.5 Å². The topological polar surface area (TPSA) is 29.5 Å². The highest BCUT2D eigenvalue weighted by molar-refractivity contribution is 6.25. The normalized spacial score (nSPS) is 13.0. The monoisotopic (exact) mass is 769 g/mol. The number of furan rings is 2. The van der Waals surface area contributed by atoms with Crippen LogP contribution in [0.5, 0.6) is 0 Å². The van der Waals surface area contributed by atoms with Crippen LogP contribution in [0.1, 0.15) is 25.0 Å². The van der Waals surface area contributed by atoms with Crippen molar-refractivity contribution in [3.05, 3.63) is 211 Å². The molecule has 0 aliphatic heterocycles. The Hall–Kier alpha value is -7.62. The molecule has 0 amide bonds. The van der Waals surface area contributed by atoms with Crippen LogP contribution in [-0.2, 0) is 5.41 Å². The fourth-order valence-corrected chi connectivity index (χ4v) is 9.84. The number of benzene rings is 9. The molecular weight excluding hydrogens is 731 g/mol. The summed E-state index contributed by atoms with van der Waals surface area (Å²) in [4.78, 5) is 2.39. The molecule has 2 heterocycles. The molecule has 0 unspecified atom stereocenters. The zero-order valence-corrected chi connectivity index (χ0v) is 33.3. The molecule has 1 aliphatic rings. The van der Waals surface area contributed by atoms with E-state index in [-0.39, 0.29) is 5.41 Å². The first kappa shape index (κ1) is 34.4. The van der Waals surface area contributed by atoms with E-state index in [9.17, 15) is 0 Å². The maximum Gasteiger partial charge on any atom is 0.144 e. The van der Waals surface area contributed by atoms with Crippen molar-refractivity contribution in [2.24, 2.45) is 0 Å². The summed E-state index contributed by atoms with van der Waals surface area (Å²) >= 11 is 0. The van der Waals surface area contributed by atoms with E-state index >= 15 is 0 Å². The van der Waals surface area contributed by atoms with Gasteiger partial charge in [-0.2, -0.15) is 0 Å². The Morgan fingerprint density at radius 2 is 1.00 bits per heavy atom. The second-order valence-electron chi connectivity index (χ2n) is 16.4. The molecule has 0 spiro atoms. The van der Waals surface area contributed by atoms with Gasteiger partial charge in [0.2, 0.25) is 0 Å². The Labute approximate surface area is 348 Å². The molecule has 0 atom stereocenters. The van der Waals surface area contributed by atoms with E-state index in [1.54, 1.807) is 0 Å². The van der Waals surface area contributed by atoms with Crippen LogP contribution in [0.25, 0.3) is 88.4 Å². The van der Waals surface area contributed by atoms with Gasteiger partial charge >= 0.3 is 0 Å². The third-order valence-electron chi connectivity index (χ3n) is 12.7. The molecule has 0 radical (unpaired) electrons. The third kappa shape index (κ3) is 5.15. The summed E-state index contributed by atoms with van der Waals surface area (Å²) in [5, 5.41) is 4.17. The maximum absolute atomic E-state index is 7.18. The Balaban J connectivity index is 1.15. The molecule has 3 heteroatoms. The number of anilines is 3. The maximum atomic E-state index is 7.18. The highest BCUT2D eigenvalue weighted by Gasteiger charge is 2.36. The average Bonchev–Trinajstić information content (AvgIpc) is 3.94. The predicted molar refractivity (Wildman–Crippen MR) is 250 cm³/mol. The molecule has 1 aliphatic carbocycles. The Morgan fingerprint density at radius 1 is 0.383 bits per heavy atom. The van der Waals surface area contributed by atoms with Crippen molar-refractivity contribution < 1.29 is 8.83 Å². The lowest BCUT2D eigenvalue weighted by Gasteiger charge is -2.28. The minimum Gasteiger partial charge on any atom is -0.456 e. The smallest absolute Gasteiger partial charge is 0.144 e. The number of nitrogens with zero attached hydrogens (tertiary/aromatic N) is 1.